The summed E-state index contributed by atoms with van der Waals surface area (Å²) >= 11 is 0. The lowest BCUT2D eigenvalue weighted by Crippen LogP contribution is -1.99. The molecule has 3 aromatic rings. The molecular formula is C16H15NO. The van der Waals surface area contributed by atoms with Crippen molar-refractivity contribution in [1.82, 2.24) is 4.98 Å². The van der Waals surface area contributed by atoms with Crippen LogP contribution >= 0.6 is 0 Å². The van der Waals surface area contributed by atoms with E-state index >= 15 is 0 Å². The highest BCUT2D eigenvalue weighted by molar-refractivity contribution is 5.80. The largest absolute Gasteiger partial charge is 0.384 e. The lowest BCUT2D eigenvalue weighted by molar-refractivity contribution is 0.220. The zero-order valence-electron chi connectivity index (χ0n) is 10.2. The number of aryl methyl sites for hydroxylation is 1. The van der Waals surface area contributed by atoms with Crippen molar-refractivity contribution in [2.75, 3.05) is 0 Å². The molecule has 0 fully saturated rings. The predicted molar refractivity (Wildman–Crippen MR) is 73.5 cm³/mol. The van der Waals surface area contributed by atoms with Gasteiger partial charge in [0, 0.05) is 11.7 Å². The molecule has 18 heavy (non-hydrogen) atoms. The average Bonchev–Trinajstić information content (AvgIpc) is 2.85. The van der Waals surface area contributed by atoms with Gasteiger partial charge in [0.05, 0.1) is 0 Å². The van der Waals surface area contributed by atoms with Gasteiger partial charge in [0.2, 0.25) is 0 Å². The standard InChI is InChI=1S/C16H15NO/c1-11-3-2-4-13(9-11)16(18)14-5-6-15-12(10-14)7-8-17-15/h2-10,16-18H,1H3. The molecule has 0 amide bonds. The van der Waals surface area contributed by atoms with Crippen molar-refractivity contribution in [2.24, 2.45) is 0 Å². The number of hydrogen-bond donors (Lipinski definition) is 2. The number of aromatic nitrogens is 1. The molecule has 1 unspecified atom stereocenters. The first-order chi connectivity index (χ1) is 8.74. The highest BCUT2D eigenvalue weighted by Gasteiger charge is 2.11. The van der Waals surface area contributed by atoms with Gasteiger partial charge in [-0.15, -0.1) is 0 Å². The van der Waals surface area contributed by atoms with Crippen LogP contribution < -0.4 is 0 Å². The van der Waals surface area contributed by atoms with Crippen molar-refractivity contribution in [3.8, 4) is 0 Å². The van der Waals surface area contributed by atoms with E-state index in [0.29, 0.717) is 0 Å². The van der Waals surface area contributed by atoms with Gasteiger partial charge in [-0.1, -0.05) is 35.9 Å². The highest BCUT2D eigenvalue weighted by atomic mass is 16.3. The van der Waals surface area contributed by atoms with E-state index in [1.165, 1.54) is 0 Å². The van der Waals surface area contributed by atoms with Crippen molar-refractivity contribution in [2.45, 2.75) is 13.0 Å². The van der Waals surface area contributed by atoms with Gasteiger partial charge in [0.1, 0.15) is 6.10 Å². The maximum atomic E-state index is 10.4. The van der Waals surface area contributed by atoms with Gasteiger partial charge in [-0.25, -0.2) is 0 Å². The first-order valence-corrected chi connectivity index (χ1v) is 6.06. The number of aromatic amines is 1. The summed E-state index contributed by atoms with van der Waals surface area (Å²) in [6.45, 7) is 2.03. The van der Waals surface area contributed by atoms with Gasteiger partial charge in [0.25, 0.3) is 0 Å². The molecule has 2 aromatic carbocycles. The van der Waals surface area contributed by atoms with Crippen LogP contribution in [0.1, 0.15) is 22.8 Å². The third-order valence-corrected chi connectivity index (χ3v) is 3.25. The summed E-state index contributed by atoms with van der Waals surface area (Å²) in [6.07, 6.45) is 1.34. The number of fused-ring (bicyclic) bond motifs is 1. The maximum absolute atomic E-state index is 10.4. The van der Waals surface area contributed by atoms with Crippen LogP contribution in [0.5, 0.6) is 0 Å². The van der Waals surface area contributed by atoms with Crippen LogP contribution in [-0.2, 0) is 0 Å². The lowest BCUT2D eigenvalue weighted by Gasteiger charge is -2.12. The van der Waals surface area contributed by atoms with Crippen molar-refractivity contribution in [1.29, 1.82) is 0 Å². The number of aliphatic hydroxyl groups excluding tert-OH is 1. The lowest BCUT2D eigenvalue weighted by atomic mass is 9.99. The Morgan fingerprint density at radius 2 is 1.83 bits per heavy atom. The topological polar surface area (TPSA) is 36.0 Å². The first-order valence-electron chi connectivity index (χ1n) is 6.06. The average molecular weight is 237 g/mol. The van der Waals surface area contributed by atoms with E-state index in [0.717, 1.165) is 27.6 Å². The van der Waals surface area contributed by atoms with Crippen LogP contribution in [0.2, 0.25) is 0 Å². The summed E-state index contributed by atoms with van der Waals surface area (Å²) in [5.74, 6) is 0. The zero-order valence-corrected chi connectivity index (χ0v) is 10.2. The molecule has 0 radical (unpaired) electrons. The Bertz CT molecular complexity index is 684. The van der Waals surface area contributed by atoms with E-state index in [1.807, 2.05) is 61.7 Å². The van der Waals surface area contributed by atoms with E-state index in [2.05, 4.69) is 4.98 Å². The fraction of sp³-hybridized carbons (Fsp3) is 0.125. The number of rotatable bonds is 2. The van der Waals surface area contributed by atoms with Crippen molar-refractivity contribution < 1.29 is 5.11 Å². The molecule has 0 bridgehead atoms. The third-order valence-electron chi connectivity index (χ3n) is 3.25. The number of nitrogens with one attached hydrogen (secondary N) is 1. The molecule has 1 heterocycles. The second-order valence-electron chi connectivity index (χ2n) is 4.64. The molecule has 1 aromatic heterocycles. The summed E-state index contributed by atoms with van der Waals surface area (Å²) in [5, 5.41) is 11.5. The van der Waals surface area contributed by atoms with E-state index in [-0.39, 0.29) is 0 Å². The Labute approximate surface area is 106 Å². The number of hydrogen-bond acceptors (Lipinski definition) is 1. The van der Waals surface area contributed by atoms with Gasteiger partial charge in [0.15, 0.2) is 0 Å². The van der Waals surface area contributed by atoms with E-state index in [9.17, 15) is 5.11 Å². The molecule has 3 rings (SSSR count). The van der Waals surface area contributed by atoms with Crippen molar-refractivity contribution in [3.05, 3.63) is 71.4 Å². The molecule has 2 nitrogen and oxygen atoms in total. The minimum absolute atomic E-state index is 0.566. The molecule has 90 valence electrons. The summed E-state index contributed by atoms with van der Waals surface area (Å²) in [6, 6.07) is 16.0. The molecule has 0 aliphatic heterocycles. The van der Waals surface area contributed by atoms with Crippen LogP contribution in [0.3, 0.4) is 0 Å². The Morgan fingerprint density at radius 1 is 1.00 bits per heavy atom. The zero-order chi connectivity index (χ0) is 12.5. The van der Waals surface area contributed by atoms with Crippen LogP contribution in [0.4, 0.5) is 0 Å². The summed E-state index contributed by atoms with van der Waals surface area (Å²) < 4.78 is 0. The Balaban J connectivity index is 2.02. The highest BCUT2D eigenvalue weighted by Crippen LogP contribution is 2.25. The summed E-state index contributed by atoms with van der Waals surface area (Å²) in [4.78, 5) is 3.15. The molecule has 0 aliphatic rings. The summed E-state index contributed by atoms with van der Waals surface area (Å²) in [5.41, 5.74) is 4.11. The van der Waals surface area contributed by atoms with Gasteiger partial charge in [-0.05, 0) is 41.6 Å². The maximum Gasteiger partial charge on any atom is 0.104 e. The van der Waals surface area contributed by atoms with Crippen LogP contribution in [0.25, 0.3) is 10.9 Å². The Hall–Kier alpha value is -2.06. The van der Waals surface area contributed by atoms with E-state index in [4.69, 9.17) is 0 Å². The fourth-order valence-corrected chi connectivity index (χ4v) is 2.27. The van der Waals surface area contributed by atoms with Gasteiger partial charge in [-0.3, -0.25) is 0 Å². The molecule has 0 saturated carbocycles. The monoisotopic (exact) mass is 237 g/mol. The second-order valence-corrected chi connectivity index (χ2v) is 4.64. The normalized spacial score (nSPS) is 12.8. The van der Waals surface area contributed by atoms with Gasteiger partial charge < -0.3 is 10.1 Å². The smallest absolute Gasteiger partial charge is 0.104 e. The second kappa shape index (κ2) is 4.31. The molecule has 2 N–H and O–H groups in total. The number of benzene rings is 2. The van der Waals surface area contributed by atoms with Crippen molar-refractivity contribution in [3.63, 3.8) is 0 Å². The minimum Gasteiger partial charge on any atom is -0.384 e. The molecule has 1 atom stereocenters. The minimum atomic E-state index is -0.566. The number of aliphatic hydroxyl groups is 1. The Morgan fingerprint density at radius 3 is 2.67 bits per heavy atom. The predicted octanol–water partition coefficient (Wildman–Crippen LogP) is 3.56. The summed E-state index contributed by atoms with van der Waals surface area (Å²) in [7, 11) is 0. The fourth-order valence-electron chi connectivity index (χ4n) is 2.27. The van der Waals surface area contributed by atoms with E-state index in [1.54, 1.807) is 0 Å². The SMILES string of the molecule is Cc1cccc(C(O)c2ccc3[nH]ccc3c2)c1. The van der Waals surface area contributed by atoms with Crippen LogP contribution in [-0.4, -0.2) is 10.1 Å². The van der Waals surface area contributed by atoms with Crippen LogP contribution in [0, 0.1) is 6.92 Å². The molecule has 0 saturated heterocycles. The molecule has 2 heteroatoms. The Kier molecular flexibility index (Phi) is 2.65. The quantitative estimate of drug-likeness (QED) is 0.702. The molecule has 0 spiro atoms. The molecular weight excluding hydrogens is 222 g/mol. The first kappa shape index (κ1) is 11.1. The van der Waals surface area contributed by atoms with E-state index < -0.39 is 6.10 Å². The van der Waals surface area contributed by atoms with Gasteiger partial charge in [-0.2, -0.15) is 0 Å². The third kappa shape index (κ3) is 1.91. The van der Waals surface area contributed by atoms with Crippen molar-refractivity contribution >= 4 is 10.9 Å². The molecule has 0 aliphatic carbocycles. The van der Waals surface area contributed by atoms with Gasteiger partial charge >= 0.3 is 0 Å². The van der Waals surface area contributed by atoms with Crippen LogP contribution in [0.15, 0.2) is 54.7 Å². The number of H-pyrrole nitrogens is 1.